The molecule has 0 fully saturated rings. The SMILES string of the molecule is CNCC[C@@H](Oc1cccc(-n2c(C)c3c(C)nnc(C)c3c2C)c1)c1cccc(F)c1.CNCC[C@H](Oc1cccc(-n2c(C)c3c(C)nnc(C)c3c2C)c1)c1cccc(F)c1. The van der Waals surface area contributed by atoms with Gasteiger partial charge in [-0.2, -0.15) is 20.4 Å². The lowest BCUT2D eigenvalue weighted by Gasteiger charge is -2.21. The minimum Gasteiger partial charge on any atom is -0.486 e. The van der Waals surface area contributed by atoms with Gasteiger partial charge in [-0.1, -0.05) is 36.4 Å². The van der Waals surface area contributed by atoms with Crippen molar-refractivity contribution in [2.45, 2.75) is 80.4 Å². The Balaban J connectivity index is 0.000000191. The van der Waals surface area contributed by atoms with E-state index >= 15 is 0 Å². The van der Waals surface area contributed by atoms with E-state index in [0.717, 1.165) is 127 Å². The highest BCUT2D eigenvalue weighted by Crippen LogP contribution is 2.35. The van der Waals surface area contributed by atoms with E-state index in [4.69, 9.17) is 9.47 Å². The molecule has 0 amide bonds. The van der Waals surface area contributed by atoms with E-state index in [2.05, 4.69) is 80.0 Å². The van der Waals surface area contributed by atoms with Crippen LogP contribution in [-0.4, -0.2) is 56.7 Å². The van der Waals surface area contributed by atoms with Crippen LogP contribution >= 0.6 is 0 Å². The molecule has 64 heavy (non-hydrogen) atoms. The van der Waals surface area contributed by atoms with Crippen molar-refractivity contribution in [3.8, 4) is 22.9 Å². The second-order valence-corrected chi connectivity index (χ2v) is 16.4. The molecule has 0 spiro atoms. The third-order valence-electron chi connectivity index (χ3n) is 11.9. The van der Waals surface area contributed by atoms with Gasteiger partial charge < -0.3 is 29.2 Å². The van der Waals surface area contributed by atoms with Crippen molar-refractivity contribution in [2.24, 2.45) is 0 Å². The quantitative estimate of drug-likeness (QED) is 0.111. The van der Waals surface area contributed by atoms with Gasteiger partial charge in [-0.25, -0.2) is 8.78 Å². The van der Waals surface area contributed by atoms with Crippen LogP contribution in [0.15, 0.2) is 97.1 Å². The average Bonchev–Trinajstić information content (AvgIpc) is 3.72. The molecule has 4 heterocycles. The zero-order chi connectivity index (χ0) is 45.7. The van der Waals surface area contributed by atoms with Crippen molar-refractivity contribution in [1.82, 2.24) is 40.2 Å². The summed E-state index contributed by atoms with van der Waals surface area (Å²) < 4.78 is 44.9. The van der Waals surface area contributed by atoms with Crippen LogP contribution in [0.1, 0.15) is 81.7 Å². The Bertz CT molecular complexity index is 2640. The molecule has 4 aromatic heterocycles. The number of hydrogen-bond donors (Lipinski definition) is 2. The predicted octanol–water partition coefficient (Wildman–Crippen LogP) is 11.0. The maximum Gasteiger partial charge on any atom is 0.125 e. The molecule has 0 radical (unpaired) electrons. The van der Waals surface area contributed by atoms with E-state index in [-0.39, 0.29) is 23.8 Å². The van der Waals surface area contributed by atoms with Gasteiger partial charge in [-0.3, -0.25) is 0 Å². The number of hydrogen-bond acceptors (Lipinski definition) is 8. The van der Waals surface area contributed by atoms with Crippen molar-refractivity contribution in [1.29, 1.82) is 0 Å². The Morgan fingerprint density at radius 3 is 1.11 bits per heavy atom. The monoisotopic (exact) mass is 864 g/mol. The fourth-order valence-corrected chi connectivity index (χ4v) is 8.99. The van der Waals surface area contributed by atoms with Crippen LogP contribution in [0, 0.1) is 67.0 Å². The molecule has 10 nitrogen and oxygen atoms in total. The fourth-order valence-electron chi connectivity index (χ4n) is 8.99. The summed E-state index contributed by atoms with van der Waals surface area (Å²) in [7, 11) is 3.80. The molecule has 0 unspecified atom stereocenters. The van der Waals surface area contributed by atoms with Crippen molar-refractivity contribution in [3.63, 3.8) is 0 Å². The summed E-state index contributed by atoms with van der Waals surface area (Å²) in [6.07, 6.45) is 0.950. The molecule has 8 rings (SSSR count). The molecule has 332 valence electrons. The highest BCUT2D eigenvalue weighted by Gasteiger charge is 2.21. The lowest BCUT2D eigenvalue weighted by atomic mass is 10.1. The van der Waals surface area contributed by atoms with Gasteiger partial charge in [0.15, 0.2) is 0 Å². The molecule has 8 aromatic rings. The number of benzene rings is 4. The molecular formula is C52H58F2N8O2. The zero-order valence-electron chi connectivity index (χ0n) is 38.5. The normalized spacial score (nSPS) is 12.3. The number of fused-ring (bicyclic) bond motifs is 2. The van der Waals surface area contributed by atoms with Crippen molar-refractivity contribution in [2.75, 3.05) is 27.2 Å². The summed E-state index contributed by atoms with van der Waals surface area (Å²) in [6.45, 7) is 18.0. The van der Waals surface area contributed by atoms with Gasteiger partial charge in [-0.05, 0) is 142 Å². The number of halogens is 2. The van der Waals surface area contributed by atoms with E-state index in [1.165, 1.54) is 12.1 Å². The van der Waals surface area contributed by atoms with E-state index < -0.39 is 0 Å². The van der Waals surface area contributed by atoms with Crippen LogP contribution in [0.25, 0.3) is 32.9 Å². The van der Waals surface area contributed by atoms with Crippen molar-refractivity contribution >= 4 is 21.5 Å². The molecule has 2 N–H and O–H groups in total. The Kier molecular flexibility index (Phi) is 14.2. The standard InChI is InChI=1S/2C26H29FN4O/c2*1-16-25-18(3)31(19(4)26(25)17(2)30-29-16)22-10-7-11-23(15-22)32-24(12-13-28-5)20-8-6-9-21(27)14-20/h2*6-11,14-15,24,28H,12-13H2,1-5H3/t2*24-/m10/s1. The molecule has 12 heteroatoms. The van der Waals surface area contributed by atoms with Crippen LogP contribution in [0.2, 0.25) is 0 Å². The highest BCUT2D eigenvalue weighted by atomic mass is 19.1. The summed E-state index contributed by atoms with van der Waals surface area (Å²) in [5.74, 6) is 0.975. The van der Waals surface area contributed by atoms with E-state index in [1.54, 1.807) is 24.3 Å². The molecule has 0 saturated heterocycles. The van der Waals surface area contributed by atoms with Gasteiger partial charge in [0.2, 0.25) is 0 Å². The Hall–Kier alpha value is -6.50. The lowest BCUT2D eigenvalue weighted by Crippen LogP contribution is -2.16. The Morgan fingerprint density at radius 2 is 0.797 bits per heavy atom. The number of nitrogens with one attached hydrogen (secondary N) is 2. The van der Waals surface area contributed by atoms with Gasteiger partial charge in [0.25, 0.3) is 0 Å². The smallest absolute Gasteiger partial charge is 0.125 e. The maximum atomic E-state index is 13.8. The van der Waals surface area contributed by atoms with E-state index in [9.17, 15) is 8.78 Å². The molecular weight excluding hydrogens is 807 g/mol. The Morgan fingerprint density at radius 1 is 0.469 bits per heavy atom. The third-order valence-corrected chi connectivity index (χ3v) is 11.9. The van der Waals surface area contributed by atoms with E-state index in [1.807, 2.05) is 90.3 Å². The molecule has 4 aromatic carbocycles. The second kappa shape index (κ2) is 19.9. The molecule has 2 atom stereocenters. The van der Waals surface area contributed by atoms with Crippen molar-refractivity contribution < 1.29 is 18.3 Å². The number of ether oxygens (including phenoxy) is 2. The van der Waals surface area contributed by atoms with Crippen LogP contribution < -0.4 is 20.1 Å². The first-order chi connectivity index (χ1) is 30.8. The van der Waals surface area contributed by atoms with Gasteiger partial charge in [0.1, 0.15) is 35.3 Å². The summed E-state index contributed by atoms with van der Waals surface area (Å²) in [4.78, 5) is 0. The summed E-state index contributed by atoms with van der Waals surface area (Å²) in [6, 6.07) is 29.4. The summed E-state index contributed by atoms with van der Waals surface area (Å²) in [5.41, 5.74) is 11.9. The summed E-state index contributed by atoms with van der Waals surface area (Å²) >= 11 is 0. The largest absolute Gasteiger partial charge is 0.486 e. The number of aryl methyl sites for hydroxylation is 8. The molecule has 0 aliphatic rings. The van der Waals surface area contributed by atoms with Crippen LogP contribution in [0.3, 0.4) is 0 Å². The topological polar surface area (TPSA) is 104 Å². The first kappa shape index (κ1) is 45.5. The van der Waals surface area contributed by atoms with Crippen LogP contribution in [0.4, 0.5) is 8.78 Å². The number of nitrogens with zero attached hydrogens (tertiary/aromatic N) is 6. The fraction of sp³-hybridized carbons (Fsp3) is 0.308. The first-order valence-corrected chi connectivity index (χ1v) is 21.8. The third kappa shape index (κ3) is 9.53. The number of rotatable bonds is 14. The molecule has 0 saturated carbocycles. The van der Waals surface area contributed by atoms with Crippen LogP contribution in [0.5, 0.6) is 11.5 Å². The number of aromatic nitrogens is 6. The molecule has 0 aliphatic carbocycles. The maximum absolute atomic E-state index is 13.8. The zero-order valence-corrected chi connectivity index (χ0v) is 38.5. The minimum atomic E-state index is -0.257. The minimum absolute atomic E-state index is 0.253. The highest BCUT2D eigenvalue weighted by molar-refractivity contribution is 5.93. The average molecular weight is 865 g/mol. The van der Waals surface area contributed by atoms with Gasteiger partial charge in [0, 0.05) is 80.7 Å². The van der Waals surface area contributed by atoms with Gasteiger partial charge in [0.05, 0.1) is 22.8 Å². The van der Waals surface area contributed by atoms with Crippen LogP contribution in [-0.2, 0) is 0 Å². The predicted molar refractivity (Wildman–Crippen MR) is 252 cm³/mol. The molecule has 0 aliphatic heterocycles. The lowest BCUT2D eigenvalue weighted by molar-refractivity contribution is 0.194. The van der Waals surface area contributed by atoms with Gasteiger partial charge >= 0.3 is 0 Å². The van der Waals surface area contributed by atoms with Crippen molar-refractivity contribution in [3.05, 3.63) is 165 Å². The van der Waals surface area contributed by atoms with E-state index in [0.29, 0.717) is 0 Å². The first-order valence-electron chi connectivity index (χ1n) is 21.8. The van der Waals surface area contributed by atoms with Gasteiger partial charge in [-0.15, -0.1) is 0 Å². The Labute approximate surface area is 374 Å². The molecule has 0 bridgehead atoms. The second-order valence-electron chi connectivity index (χ2n) is 16.4. The summed E-state index contributed by atoms with van der Waals surface area (Å²) in [5, 5.41) is 28.2.